The first-order chi connectivity index (χ1) is 18.5. The molecule has 1 aromatic carbocycles. The van der Waals surface area contributed by atoms with Crippen LogP contribution in [-0.4, -0.2) is 62.6 Å². The van der Waals surface area contributed by atoms with Crippen LogP contribution in [-0.2, 0) is 4.74 Å². The molecular weight excluding hydrogens is 498 g/mol. The third-order valence-electron chi connectivity index (χ3n) is 6.72. The molecule has 3 aromatic rings. The Bertz CT molecular complexity index is 1390. The first-order valence-corrected chi connectivity index (χ1v) is 13.6. The van der Waals surface area contributed by atoms with E-state index in [4.69, 9.17) is 24.9 Å². The molecular formula is C29H37N5O5. The van der Waals surface area contributed by atoms with Gasteiger partial charge in [0.1, 0.15) is 17.5 Å². The van der Waals surface area contributed by atoms with Crippen LogP contribution in [0.2, 0.25) is 0 Å². The molecule has 2 amide bonds. The van der Waals surface area contributed by atoms with Crippen LogP contribution in [0.15, 0.2) is 30.7 Å². The van der Waals surface area contributed by atoms with E-state index in [2.05, 4.69) is 5.10 Å². The van der Waals surface area contributed by atoms with Crippen molar-refractivity contribution in [3.63, 3.8) is 0 Å². The zero-order valence-corrected chi connectivity index (χ0v) is 23.3. The van der Waals surface area contributed by atoms with E-state index in [1.54, 1.807) is 23.2 Å². The van der Waals surface area contributed by atoms with Gasteiger partial charge in [-0.3, -0.25) is 9.48 Å². The molecule has 10 nitrogen and oxygen atoms in total. The molecule has 10 heteroatoms. The van der Waals surface area contributed by atoms with Crippen molar-refractivity contribution in [1.29, 1.82) is 0 Å². The van der Waals surface area contributed by atoms with E-state index >= 15 is 0 Å². The van der Waals surface area contributed by atoms with Crippen LogP contribution >= 0.6 is 0 Å². The Kier molecular flexibility index (Phi) is 7.13. The summed E-state index contributed by atoms with van der Waals surface area (Å²) in [5, 5.41) is 5.99. The summed E-state index contributed by atoms with van der Waals surface area (Å²) in [7, 11) is 0. The summed E-state index contributed by atoms with van der Waals surface area (Å²) < 4.78 is 20.0. The number of ether oxygens (including phenoxy) is 3. The summed E-state index contributed by atoms with van der Waals surface area (Å²) in [6.45, 7) is 10.3. The molecule has 1 aliphatic carbocycles. The number of nitrogens with zero attached hydrogens (tertiary/aromatic N) is 4. The molecule has 0 bridgehead atoms. The number of hydrogen-bond donors (Lipinski definition) is 1. The Hall–Kier alpha value is -3.82. The SMILES string of the molecule is CC(C)Oc1cc2c(OC3CCCN(C(=O)OC(C)(C)C)C3)ncc(-c3cnn(C4CC4)c3)c2cc1C(N)=O. The van der Waals surface area contributed by atoms with Gasteiger partial charge in [0, 0.05) is 35.5 Å². The number of hydrogen-bond acceptors (Lipinski definition) is 7. The number of likely N-dealkylation sites (tertiary alicyclic amines) is 1. The number of aromatic nitrogens is 3. The molecule has 1 unspecified atom stereocenters. The number of piperidine rings is 1. The molecule has 208 valence electrons. The topological polar surface area (TPSA) is 122 Å². The molecule has 1 atom stereocenters. The number of benzene rings is 1. The minimum atomic E-state index is -0.577. The van der Waals surface area contributed by atoms with Gasteiger partial charge >= 0.3 is 6.09 Å². The zero-order valence-electron chi connectivity index (χ0n) is 23.3. The molecule has 1 saturated carbocycles. The molecule has 2 N–H and O–H groups in total. The maximum Gasteiger partial charge on any atom is 0.410 e. The predicted molar refractivity (Wildman–Crippen MR) is 147 cm³/mol. The predicted octanol–water partition coefficient (Wildman–Crippen LogP) is 5.10. The van der Waals surface area contributed by atoms with Gasteiger partial charge in [0.15, 0.2) is 0 Å². The molecule has 2 fully saturated rings. The average molecular weight is 536 g/mol. The highest BCUT2D eigenvalue weighted by Crippen LogP contribution is 2.40. The summed E-state index contributed by atoms with van der Waals surface area (Å²) in [5.74, 6) is 0.206. The number of nitrogens with two attached hydrogens (primary N) is 1. The summed E-state index contributed by atoms with van der Waals surface area (Å²) in [5.41, 5.74) is 7.20. The van der Waals surface area contributed by atoms with E-state index in [1.165, 1.54) is 0 Å². The van der Waals surface area contributed by atoms with Crippen LogP contribution < -0.4 is 15.2 Å². The van der Waals surface area contributed by atoms with Crippen LogP contribution in [0.5, 0.6) is 11.6 Å². The second-order valence-corrected chi connectivity index (χ2v) is 11.7. The van der Waals surface area contributed by atoms with Gasteiger partial charge in [0.25, 0.3) is 5.91 Å². The van der Waals surface area contributed by atoms with Gasteiger partial charge in [0.2, 0.25) is 5.88 Å². The van der Waals surface area contributed by atoms with Crippen LogP contribution in [0.1, 0.15) is 76.7 Å². The van der Waals surface area contributed by atoms with Gasteiger partial charge in [-0.1, -0.05) is 0 Å². The normalized spacial score (nSPS) is 17.9. The summed E-state index contributed by atoms with van der Waals surface area (Å²) in [6.07, 6.45) is 8.58. The lowest BCUT2D eigenvalue weighted by Crippen LogP contribution is -2.46. The molecule has 1 saturated heterocycles. The average Bonchev–Trinajstić information content (AvgIpc) is 3.59. The molecule has 0 spiro atoms. The van der Waals surface area contributed by atoms with Crippen LogP contribution in [0.3, 0.4) is 0 Å². The Morgan fingerprint density at radius 1 is 1.10 bits per heavy atom. The quantitative estimate of drug-likeness (QED) is 0.447. The van der Waals surface area contributed by atoms with Crippen LogP contribution in [0, 0.1) is 0 Å². The number of fused-ring (bicyclic) bond motifs is 1. The van der Waals surface area contributed by atoms with Gasteiger partial charge in [-0.2, -0.15) is 5.10 Å². The maximum atomic E-state index is 12.7. The highest BCUT2D eigenvalue weighted by Gasteiger charge is 2.30. The smallest absolute Gasteiger partial charge is 0.410 e. The van der Waals surface area contributed by atoms with Gasteiger partial charge in [0.05, 0.1) is 30.5 Å². The summed E-state index contributed by atoms with van der Waals surface area (Å²) in [6, 6.07) is 3.97. The summed E-state index contributed by atoms with van der Waals surface area (Å²) >= 11 is 0. The third kappa shape index (κ3) is 6.10. The number of carbonyl (C=O) groups excluding carboxylic acids is 2. The molecule has 2 aromatic heterocycles. The highest BCUT2D eigenvalue weighted by atomic mass is 16.6. The van der Waals surface area contributed by atoms with E-state index in [1.807, 2.05) is 51.7 Å². The monoisotopic (exact) mass is 535 g/mol. The number of primary amides is 1. The van der Waals surface area contributed by atoms with Crippen LogP contribution in [0.4, 0.5) is 4.79 Å². The van der Waals surface area contributed by atoms with E-state index in [0.717, 1.165) is 42.2 Å². The number of rotatable bonds is 7. The molecule has 5 rings (SSSR count). The second-order valence-electron chi connectivity index (χ2n) is 11.7. The van der Waals surface area contributed by atoms with Crippen molar-refractivity contribution in [1.82, 2.24) is 19.7 Å². The number of pyridine rings is 1. The first kappa shape index (κ1) is 26.8. The lowest BCUT2D eigenvalue weighted by Gasteiger charge is -2.34. The zero-order chi connectivity index (χ0) is 27.9. The minimum Gasteiger partial charge on any atom is -0.490 e. The van der Waals surface area contributed by atoms with Crippen molar-refractivity contribution in [2.45, 2.75) is 84.2 Å². The number of carbonyl (C=O) groups is 2. The fourth-order valence-corrected chi connectivity index (χ4v) is 4.81. The molecule has 2 aliphatic rings. The van der Waals surface area contributed by atoms with Crippen molar-refractivity contribution >= 4 is 22.8 Å². The molecule has 3 heterocycles. The molecule has 1 aliphatic heterocycles. The van der Waals surface area contributed by atoms with Gasteiger partial charge in [-0.25, -0.2) is 9.78 Å². The van der Waals surface area contributed by atoms with E-state index in [0.29, 0.717) is 36.1 Å². The first-order valence-electron chi connectivity index (χ1n) is 13.6. The van der Waals surface area contributed by atoms with E-state index in [-0.39, 0.29) is 23.9 Å². The Morgan fingerprint density at radius 3 is 2.54 bits per heavy atom. The molecule has 0 radical (unpaired) electrons. The van der Waals surface area contributed by atoms with E-state index < -0.39 is 11.5 Å². The lowest BCUT2D eigenvalue weighted by molar-refractivity contribution is 0.00743. The van der Waals surface area contributed by atoms with Crippen molar-refractivity contribution in [2.24, 2.45) is 5.73 Å². The van der Waals surface area contributed by atoms with Crippen LogP contribution in [0.25, 0.3) is 21.9 Å². The fraction of sp³-hybridized carbons (Fsp3) is 0.517. The lowest BCUT2D eigenvalue weighted by atomic mass is 9.99. The van der Waals surface area contributed by atoms with Gasteiger partial charge in [-0.15, -0.1) is 0 Å². The van der Waals surface area contributed by atoms with Crippen molar-refractivity contribution in [2.75, 3.05) is 13.1 Å². The largest absolute Gasteiger partial charge is 0.490 e. The van der Waals surface area contributed by atoms with Gasteiger partial charge in [-0.05, 0) is 77.8 Å². The standard InChI is InChI=1S/C29H37N5O5/c1-17(2)37-25-12-22-21(11-23(25)26(30)35)24(18-13-32-34(15-18)19-8-9-19)14-31-27(22)38-20-7-6-10-33(16-20)28(36)39-29(3,4)5/h11-15,17,19-20H,6-10,16H2,1-5H3,(H2,30,35). The van der Waals surface area contributed by atoms with E-state index in [9.17, 15) is 9.59 Å². The maximum absolute atomic E-state index is 12.7. The van der Waals surface area contributed by atoms with Crippen molar-refractivity contribution in [3.8, 4) is 22.8 Å². The number of amides is 2. The highest BCUT2D eigenvalue weighted by molar-refractivity contribution is 6.06. The second kappa shape index (κ2) is 10.4. The van der Waals surface area contributed by atoms with Gasteiger partial charge < -0.3 is 24.8 Å². The fourth-order valence-electron chi connectivity index (χ4n) is 4.81. The summed E-state index contributed by atoms with van der Waals surface area (Å²) in [4.78, 5) is 31.5. The minimum absolute atomic E-state index is 0.168. The Balaban J connectivity index is 1.52. The van der Waals surface area contributed by atoms with Crippen molar-refractivity contribution in [3.05, 3.63) is 36.3 Å². The third-order valence-corrected chi connectivity index (χ3v) is 6.72. The Morgan fingerprint density at radius 2 is 1.87 bits per heavy atom. The molecule has 39 heavy (non-hydrogen) atoms. The Labute approximate surface area is 228 Å². The van der Waals surface area contributed by atoms with Crippen molar-refractivity contribution < 1.29 is 23.8 Å².